The molecule has 1 aromatic carbocycles. The average Bonchev–Trinajstić information content (AvgIpc) is 2.49. The minimum atomic E-state index is 0.403. The van der Waals surface area contributed by atoms with Gasteiger partial charge < -0.3 is 14.8 Å². The molecule has 1 heterocycles. The maximum atomic E-state index is 5.36. The normalized spacial score (nSPS) is 10.4. The number of aromatic nitrogens is 2. The number of rotatable bonds is 5. The summed E-state index contributed by atoms with van der Waals surface area (Å²) in [6.07, 6.45) is 0. The van der Waals surface area contributed by atoms with Crippen LogP contribution < -0.4 is 10.1 Å². The second kappa shape index (κ2) is 6.67. The highest BCUT2D eigenvalue weighted by atomic mass is 79.9. The van der Waals surface area contributed by atoms with E-state index in [2.05, 4.69) is 31.2 Å². The molecule has 20 heavy (non-hydrogen) atoms. The standard InChI is InChI=1S/C14H16BrN3O2/c1-16-14-12(15)10(8-19-2)17-13(18-14)9-6-4-5-7-11(9)20-3/h4-7H,8H2,1-3H3,(H,16,17,18). The van der Waals surface area contributed by atoms with Crippen LogP contribution in [-0.2, 0) is 11.3 Å². The van der Waals surface area contributed by atoms with Gasteiger partial charge in [-0.2, -0.15) is 0 Å². The second-order valence-electron chi connectivity index (χ2n) is 4.04. The lowest BCUT2D eigenvalue weighted by Crippen LogP contribution is -2.04. The van der Waals surface area contributed by atoms with Gasteiger partial charge in [0.2, 0.25) is 0 Å². The summed E-state index contributed by atoms with van der Waals surface area (Å²) in [5.41, 5.74) is 1.63. The van der Waals surface area contributed by atoms with Gasteiger partial charge in [0.05, 0.1) is 29.4 Å². The van der Waals surface area contributed by atoms with Crippen molar-refractivity contribution in [2.75, 3.05) is 26.6 Å². The largest absolute Gasteiger partial charge is 0.496 e. The monoisotopic (exact) mass is 337 g/mol. The summed E-state index contributed by atoms with van der Waals surface area (Å²) in [6, 6.07) is 7.66. The number of ether oxygens (including phenoxy) is 2. The smallest absolute Gasteiger partial charge is 0.165 e. The van der Waals surface area contributed by atoms with Crippen LogP contribution in [0.25, 0.3) is 11.4 Å². The summed E-state index contributed by atoms with van der Waals surface area (Å²) in [7, 11) is 5.08. The molecule has 5 nitrogen and oxygen atoms in total. The quantitative estimate of drug-likeness (QED) is 0.908. The van der Waals surface area contributed by atoms with Crippen LogP contribution in [0.3, 0.4) is 0 Å². The highest BCUT2D eigenvalue weighted by Gasteiger charge is 2.15. The second-order valence-corrected chi connectivity index (χ2v) is 4.83. The molecule has 0 unspecified atom stereocenters. The fraction of sp³-hybridized carbons (Fsp3) is 0.286. The van der Waals surface area contributed by atoms with E-state index in [1.165, 1.54) is 0 Å². The molecule has 0 saturated heterocycles. The van der Waals surface area contributed by atoms with E-state index < -0.39 is 0 Å². The van der Waals surface area contributed by atoms with E-state index in [0.717, 1.165) is 21.5 Å². The molecule has 2 rings (SSSR count). The summed E-state index contributed by atoms with van der Waals surface area (Å²) in [5, 5.41) is 3.05. The van der Waals surface area contributed by atoms with Crippen molar-refractivity contribution in [2.24, 2.45) is 0 Å². The molecule has 106 valence electrons. The van der Waals surface area contributed by atoms with Gasteiger partial charge >= 0.3 is 0 Å². The fourth-order valence-electron chi connectivity index (χ4n) is 1.84. The van der Waals surface area contributed by atoms with Crippen molar-refractivity contribution in [1.29, 1.82) is 0 Å². The van der Waals surface area contributed by atoms with Crippen LogP contribution in [-0.4, -0.2) is 31.2 Å². The molecular weight excluding hydrogens is 322 g/mol. The van der Waals surface area contributed by atoms with Crippen molar-refractivity contribution in [3.8, 4) is 17.1 Å². The van der Waals surface area contributed by atoms with Crippen LogP contribution in [0, 0.1) is 0 Å². The highest BCUT2D eigenvalue weighted by Crippen LogP contribution is 2.31. The minimum absolute atomic E-state index is 0.403. The van der Waals surface area contributed by atoms with Crippen molar-refractivity contribution >= 4 is 21.7 Å². The Bertz CT molecular complexity index is 605. The number of hydrogen-bond donors (Lipinski definition) is 1. The summed E-state index contributed by atoms with van der Waals surface area (Å²) < 4.78 is 11.3. The predicted molar refractivity (Wildman–Crippen MR) is 82.0 cm³/mol. The first-order valence-corrected chi connectivity index (χ1v) is 6.87. The first kappa shape index (κ1) is 14.7. The van der Waals surface area contributed by atoms with Crippen LogP contribution in [0.4, 0.5) is 5.82 Å². The molecule has 0 aliphatic rings. The molecule has 0 amide bonds. The molecule has 0 bridgehead atoms. The molecule has 0 fully saturated rings. The first-order chi connectivity index (χ1) is 9.71. The first-order valence-electron chi connectivity index (χ1n) is 6.07. The lowest BCUT2D eigenvalue weighted by Gasteiger charge is -2.12. The third kappa shape index (κ3) is 2.91. The average molecular weight is 338 g/mol. The van der Waals surface area contributed by atoms with Gasteiger partial charge in [0.1, 0.15) is 11.6 Å². The van der Waals surface area contributed by atoms with Gasteiger partial charge in [0.15, 0.2) is 5.82 Å². The molecule has 2 aromatic rings. The lowest BCUT2D eigenvalue weighted by atomic mass is 10.2. The number of halogens is 1. The van der Waals surface area contributed by atoms with Crippen LogP contribution in [0.15, 0.2) is 28.7 Å². The summed E-state index contributed by atoms with van der Waals surface area (Å²) in [4.78, 5) is 9.05. The van der Waals surface area contributed by atoms with E-state index in [1.807, 2.05) is 31.3 Å². The van der Waals surface area contributed by atoms with E-state index in [9.17, 15) is 0 Å². The van der Waals surface area contributed by atoms with Crippen molar-refractivity contribution < 1.29 is 9.47 Å². The number of methoxy groups -OCH3 is 2. The van der Waals surface area contributed by atoms with Crippen LogP contribution in [0.1, 0.15) is 5.69 Å². The summed E-state index contributed by atoms with van der Waals surface area (Å²) >= 11 is 3.49. The highest BCUT2D eigenvalue weighted by molar-refractivity contribution is 9.10. The SMILES string of the molecule is CNc1nc(-c2ccccc2OC)nc(COC)c1Br. The number of anilines is 1. The molecule has 1 N–H and O–H groups in total. The van der Waals surface area contributed by atoms with E-state index in [1.54, 1.807) is 14.2 Å². The lowest BCUT2D eigenvalue weighted by molar-refractivity contribution is 0.181. The van der Waals surface area contributed by atoms with Gasteiger partial charge in [-0.05, 0) is 28.1 Å². The molecule has 0 spiro atoms. The molecule has 0 aliphatic carbocycles. The summed E-state index contributed by atoms with van der Waals surface area (Å²) in [6.45, 7) is 0.403. The Morgan fingerprint density at radius 3 is 2.60 bits per heavy atom. The third-order valence-corrected chi connectivity index (χ3v) is 3.62. The Hall–Kier alpha value is -1.66. The Morgan fingerprint density at radius 2 is 1.95 bits per heavy atom. The van der Waals surface area contributed by atoms with Gasteiger partial charge in [-0.3, -0.25) is 0 Å². The van der Waals surface area contributed by atoms with E-state index in [0.29, 0.717) is 18.2 Å². The van der Waals surface area contributed by atoms with Crippen LogP contribution >= 0.6 is 15.9 Å². The maximum Gasteiger partial charge on any atom is 0.165 e. The van der Waals surface area contributed by atoms with Gasteiger partial charge in [-0.1, -0.05) is 12.1 Å². The van der Waals surface area contributed by atoms with Crippen LogP contribution in [0.5, 0.6) is 5.75 Å². The number of nitrogens with one attached hydrogen (secondary N) is 1. The third-order valence-electron chi connectivity index (χ3n) is 2.79. The Labute approximate surface area is 126 Å². The molecular formula is C14H16BrN3O2. The predicted octanol–water partition coefficient (Wildman–Crippen LogP) is 3.10. The van der Waals surface area contributed by atoms with Gasteiger partial charge in [-0.25, -0.2) is 9.97 Å². The number of nitrogens with zero attached hydrogens (tertiary/aromatic N) is 2. The Morgan fingerprint density at radius 1 is 1.20 bits per heavy atom. The molecule has 0 aliphatic heterocycles. The van der Waals surface area contributed by atoms with Crippen molar-refractivity contribution in [3.05, 3.63) is 34.4 Å². The number of hydrogen-bond acceptors (Lipinski definition) is 5. The summed E-state index contributed by atoms with van der Waals surface area (Å²) in [5.74, 6) is 2.05. The Kier molecular flexibility index (Phi) is 4.92. The van der Waals surface area contributed by atoms with Gasteiger partial charge in [0.25, 0.3) is 0 Å². The molecule has 1 aromatic heterocycles. The number of para-hydroxylation sites is 1. The maximum absolute atomic E-state index is 5.36. The van der Waals surface area contributed by atoms with E-state index >= 15 is 0 Å². The molecule has 6 heteroatoms. The Balaban J connectivity index is 2.59. The zero-order valence-electron chi connectivity index (χ0n) is 11.6. The minimum Gasteiger partial charge on any atom is -0.496 e. The topological polar surface area (TPSA) is 56.3 Å². The molecule has 0 radical (unpaired) electrons. The van der Waals surface area contributed by atoms with Gasteiger partial charge in [0, 0.05) is 14.2 Å². The van der Waals surface area contributed by atoms with Crippen LogP contribution in [0.2, 0.25) is 0 Å². The van der Waals surface area contributed by atoms with Gasteiger partial charge in [-0.15, -0.1) is 0 Å². The number of benzene rings is 1. The van der Waals surface area contributed by atoms with E-state index in [4.69, 9.17) is 9.47 Å². The van der Waals surface area contributed by atoms with Crippen molar-refractivity contribution in [3.63, 3.8) is 0 Å². The molecule has 0 atom stereocenters. The van der Waals surface area contributed by atoms with Crippen molar-refractivity contribution in [1.82, 2.24) is 9.97 Å². The van der Waals surface area contributed by atoms with E-state index in [-0.39, 0.29) is 0 Å². The zero-order valence-corrected chi connectivity index (χ0v) is 13.2. The molecule has 0 saturated carbocycles. The fourth-order valence-corrected chi connectivity index (χ4v) is 2.33. The van der Waals surface area contributed by atoms with Crippen molar-refractivity contribution in [2.45, 2.75) is 6.61 Å². The zero-order chi connectivity index (χ0) is 14.5.